The Morgan fingerprint density at radius 1 is 1.45 bits per heavy atom. The number of thiazole rings is 1. The molecule has 1 aliphatic heterocycles. The number of hydrogen-bond donors (Lipinski definition) is 0. The van der Waals surface area contributed by atoms with Gasteiger partial charge in [0.25, 0.3) is 5.56 Å². The third-order valence-electron chi connectivity index (χ3n) is 4.06. The fourth-order valence-corrected chi connectivity index (χ4v) is 3.79. The molecule has 0 amide bonds. The number of aryl methyl sites for hydroxylation is 1. The topological polar surface area (TPSA) is 63.6 Å². The predicted octanol–water partition coefficient (Wildman–Crippen LogP) is 2.39. The molecule has 3 aromatic rings. The smallest absolute Gasteiger partial charge is 0.258 e. The zero-order valence-electron chi connectivity index (χ0n) is 12.2. The van der Waals surface area contributed by atoms with Crippen LogP contribution in [-0.4, -0.2) is 26.0 Å². The second-order valence-corrected chi connectivity index (χ2v) is 6.51. The lowest BCUT2D eigenvalue weighted by Gasteiger charge is -2.21. The van der Waals surface area contributed by atoms with Crippen molar-refractivity contribution >= 4 is 16.3 Å². The van der Waals surface area contributed by atoms with Crippen LogP contribution in [0.2, 0.25) is 0 Å². The number of fused-ring (bicyclic) bond motifs is 1. The first-order chi connectivity index (χ1) is 10.7. The molecule has 4 rings (SSSR count). The first kappa shape index (κ1) is 13.7. The van der Waals surface area contributed by atoms with E-state index in [1.807, 2.05) is 18.4 Å². The molecule has 1 aliphatic rings. The molecule has 7 heteroatoms. The predicted molar refractivity (Wildman–Crippen MR) is 83.0 cm³/mol. The second-order valence-electron chi connectivity index (χ2n) is 5.64. The van der Waals surface area contributed by atoms with Gasteiger partial charge in [-0.15, -0.1) is 11.3 Å². The zero-order valence-corrected chi connectivity index (χ0v) is 13.0. The second kappa shape index (κ2) is 5.33. The summed E-state index contributed by atoms with van der Waals surface area (Å²) in [6.07, 6.45) is 3.93. The van der Waals surface area contributed by atoms with Gasteiger partial charge in [0.05, 0.1) is 17.4 Å². The Morgan fingerprint density at radius 3 is 3.18 bits per heavy atom. The van der Waals surface area contributed by atoms with E-state index in [1.165, 1.54) is 11.3 Å². The van der Waals surface area contributed by atoms with Gasteiger partial charge in [0.2, 0.25) is 0 Å². The highest BCUT2D eigenvalue weighted by molar-refractivity contribution is 7.15. The molecule has 1 saturated heterocycles. The lowest BCUT2D eigenvalue weighted by atomic mass is 10.1. The lowest BCUT2D eigenvalue weighted by Crippen LogP contribution is -2.24. The van der Waals surface area contributed by atoms with Crippen molar-refractivity contribution in [1.29, 1.82) is 0 Å². The molecule has 22 heavy (non-hydrogen) atoms. The molecule has 0 aliphatic carbocycles. The zero-order chi connectivity index (χ0) is 15.1. The highest BCUT2D eigenvalue weighted by Crippen LogP contribution is 2.33. The van der Waals surface area contributed by atoms with Crippen LogP contribution in [0.25, 0.3) is 4.96 Å². The van der Waals surface area contributed by atoms with Crippen molar-refractivity contribution in [3.8, 4) is 0 Å². The first-order valence-corrected chi connectivity index (χ1v) is 8.22. The van der Waals surface area contributed by atoms with E-state index >= 15 is 0 Å². The first-order valence-electron chi connectivity index (χ1n) is 7.34. The molecule has 114 valence electrons. The normalized spacial score (nSPS) is 19.2. The Balaban J connectivity index is 1.62. The number of aromatic nitrogens is 3. The largest absolute Gasteiger partial charge is 0.359 e. The van der Waals surface area contributed by atoms with E-state index in [0.717, 1.165) is 41.5 Å². The molecule has 0 bridgehead atoms. The van der Waals surface area contributed by atoms with Crippen LogP contribution in [0.3, 0.4) is 0 Å². The molecule has 1 fully saturated rings. The molecule has 0 spiro atoms. The Bertz CT molecular complexity index is 866. The van der Waals surface area contributed by atoms with Crippen LogP contribution < -0.4 is 5.56 Å². The minimum absolute atomic E-state index is 0.0208. The summed E-state index contributed by atoms with van der Waals surface area (Å²) < 4.78 is 7.00. The molecular formula is C15H16N4O2S. The Hall–Kier alpha value is -1.99. The van der Waals surface area contributed by atoms with E-state index in [1.54, 1.807) is 16.7 Å². The molecule has 0 aromatic carbocycles. The lowest BCUT2D eigenvalue weighted by molar-refractivity contribution is 0.204. The molecule has 0 unspecified atom stereocenters. The molecule has 0 saturated carbocycles. The summed E-state index contributed by atoms with van der Waals surface area (Å²) in [4.78, 5) is 19.7. The van der Waals surface area contributed by atoms with Gasteiger partial charge in [-0.25, -0.2) is 4.98 Å². The van der Waals surface area contributed by atoms with Gasteiger partial charge < -0.3 is 4.52 Å². The molecular weight excluding hydrogens is 300 g/mol. The van der Waals surface area contributed by atoms with Gasteiger partial charge in [0, 0.05) is 30.3 Å². The number of rotatable bonds is 3. The number of nitrogens with zero attached hydrogens (tertiary/aromatic N) is 4. The molecule has 6 nitrogen and oxygen atoms in total. The van der Waals surface area contributed by atoms with Crippen LogP contribution in [0.4, 0.5) is 0 Å². The van der Waals surface area contributed by atoms with Crippen molar-refractivity contribution < 1.29 is 4.52 Å². The van der Waals surface area contributed by atoms with Crippen LogP contribution >= 0.6 is 11.3 Å². The minimum atomic E-state index is -0.0208. The molecule has 4 heterocycles. The van der Waals surface area contributed by atoms with Gasteiger partial charge in [0.15, 0.2) is 10.7 Å². The average Bonchev–Trinajstić information content (AvgIpc) is 3.19. The van der Waals surface area contributed by atoms with Crippen LogP contribution in [0.15, 0.2) is 33.0 Å². The summed E-state index contributed by atoms with van der Waals surface area (Å²) in [5, 5.41) is 5.86. The van der Waals surface area contributed by atoms with E-state index in [2.05, 4.69) is 15.0 Å². The van der Waals surface area contributed by atoms with Gasteiger partial charge in [-0.1, -0.05) is 5.16 Å². The molecule has 0 radical (unpaired) electrons. The fraction of sp³-hybridized carbons (Fsp3) is 0.400. The minimum Gasteiger partial charge on any atom is -0.359 e. The van der Waals surface area contributed by atoms with Crippen molar-refractivity contribution in [1.82, 2.24) is 19.4 Å². The maximum absolute atomic E-state index is 12.1. The SMILES string of the molecule is Cc1cc([C@H]2CCCN2Cc2cc(=O)n3ccsc3n2)on1. The van der Waals surface area contributed by atoms with Crippen LogP contribution in [0.5, 0.6) is 0 Å². The molecule has 1 atom stereocenters. The maximum atomic E-state index is 12.1. The van der Waals surface area contributed by atoms with Crippen molar-refractivity contribution in [2.45, 2.75) is 32.4 Å². The third kappa shape index (κ3) is 2.36. The Kier molecular flexibility index (Phi) is 3.31. The summed E-state index contributed by atoms with van der Waals surface area (Å²) in [7, 11) is 0. The van der Waals surface area contributed by atoms with Gasteiger partial charge in [-0.05, 0) is 26.3 Å². The van der Waals surface area contributed by atoms with Crippen molar-refractivity contribution in [3.05, 3.63) is 51.2 Å². The fourth-order valence-electron chi connectivity index (χ4n) is 3.05. The van der Waals surface area contributed by atoms with E-state index < -0.39 is 0 Å². The van der Waals surface area contributed by atoms with Crippen LogP contribution in [-0.2, 0) is 6.54 Å². The maximum Gasteiger partial charge on any atom is 0.258 e. The molecule has 3 aromatic heterocycles. The number of hydrogen-bond acceptors (Lipinski definition) is 6. The van der Waals surface area contributed by atoms with Gasteiger partial charge in [-0.2, -0.15) is 0 Å². The van der Waals surface area contributed by atoms with Crippen molar-refractivity contribution in [2.75, 3.05) is 6.54 Å². The number of likely N-dealkylation sites (tertiary alicyclic amines) is 1. The van der Waals surface area contributed by atoms with Gasteiger partial charge in [-0.3, -0.25) is 14.1 Å². The van der Waals surface area contributed by atoms with E-state index in [4.69, 9.17) is 4.52 Å². The molecule has 0 N–H and O–H groups in total. The summed E-state index contributed by atoms with van der Waals surface area (Å²) >= 11 is 1.48. The van der Waals surface area contributed by atoms with Gasteiger partial charge in [0.1, 0.15) is 0 Å². The van der Waals surface area contributed by atoms with E-state index in [0.29, 0.717) is 6.54 Å². The average molecular weight is 316 g/mol. The highest BCUT2D eigenvalue weighted by Gasteiger charge is 2.29. The quantitative estimate of drug-likeness (QED) is 0.742. The standard InChI is InChI=1S/C15H16N4O2S/c1-10-7-13(21-17-10)12-3-2-4-18(12)9-11-8-14(20)19-5-6-22-15(19)16-11/h5-8,12H,2-4,9H2,1H3/t12-/m1/s1. The van der Waals surface area contributed by atoms with Crippen molar-refractivity contribution in [3.63, 3.8) is 0 Å². The van der Waals surface area contributed by atoms with E-state index in [-0.39, 0.29) is 11.6 Å². The van der Waals surface area contributed by atoms with Gasteiger partial charge >= 0.3 is 0 Å². The summed E-state index contributed by atoms with van der Waals surface area (Å²) in [6, 6.07) is 3.85. The summed E-state index contributed by atoms with van der Waals surface area (Å²) in [6.45, 7) is 3.57. The van der Waals surface area contributed by atoms with Crippen molar-refractivity contribution in [2.24, 2.45) is 0 Å². The third-order valence-corrected chi connectivity index (χ3v) is 4.82. The monoisotopic (exact) mass is 316 g/mol. The van der Waals surface area contributed by atoms with Crippen LogP contribution in [0, 0.1) is 6.92 Å². The summed E-state index contributed by atoms with van der Waals surface area (Å²) in [5.74, 6) is 0.906. The summed E-state index contributed by atoms with van der Waals surface area (Å²) in [5.41, 5.74) is 1.70. The van der Waals surface area contributed by atoms with E-state index in [9.17, 15) is 4.79 Å². The van der Waals surface area contributed by atoms with Crippen LogP contribution in [0.1, 0.15) is 36.0 Å². The Labute approximate surface area is 131 Å². The highest BCUT2D eigenvalue weighted by atomic mass is 32.1. The Morgan fingerprint density at radius 2 is 2.36 bits per heavy atom.